The summed E-state index contributed by atoms with van der Waals surface area (Å²) in [4.78, 5) is 11.2. The molecule has 3 N–H and O–H groups in total. The Hall–Kier alpha value is -0.593. The molecule has 0 radical (unpaired) electrons. The molecule has 0 saturated carbocycles. The molecule has 0 rings (SSSR count). The molecule has 0 aromatic heterocycles. The quantitative estimate of drug-likeness (QED) is 0.765. The summed E-state index contributed by atoms with van der Waals surface area (Å²) in [5, 5.41) is 9.80. The lowest BCUT2D eigenvalue weighted by Crippen LogP contribution is -2.57. The zero-order valence-electron chi connectivity index (χ0n) is 14.2. The third-order valence-electron chi connectivity index (χ3n) is 4.39. The first-order valence-electron chi connectivity index (χ1n) is 6.92. The van der Waals surface area contributed by atoms with Crippen LogP contribution in [0.15, 0.2) is 0 Å². The third kappa shape index (κ3) is 4.46. The minimum atomic E-state index is -2.00. The van der Waals surface area contributed by atoms with E-state index in [9.17, 15) is 9.90 Å². The average Bonchev–Trinajstić information content (AvgIpc) is 2.20. The van der Waals surface area contributed by atoms with E-state index in [2.05, 4.69) is 33.9 Å². The van der Waals surface area contributed by atoms with Crippen molar-refractivity contribution in [3.8, 4) is 0 Å². The fourth-order valence-corrected chi connectivity index (χ4v) is 2.45. The second-order valence-electron chi connectivity index (χ2n) is 7.87. The summed E-state index contributed by atoms with van der Waals surface area (Å²) < 4.78 is 11.4. The molecule has 0 bridgehead atoms. The number of primary amides is 1. The van der Waals surface area contributed by atoms with Gasteiger partial charge < -0.3 is 20.0 Å². The Labute approximate surface area is 124 Å². The summed E-state index contributed by atoms with van der Waals surface area (Å²) >= 11 is 0. The normalized spacial score (nSPS) is 16.6. The molecular weight excluding hydrogens is 274 g/mol. The zero-order valence-corrected chi connectivity index (χ0v) is 15.2. The standard InChI is InChI=1S/C14H31NO4Si/c1-12(2,3)14(9-16,19-11(15)17)10-18-20(7,8)13(4,5)6/h16H,9-10H2,1-8H3,(H2,15,17)/t14-/m1/s1. The van der Waals surface area contributed by atoms with Gasteiger partial charge in [-0.15, -0.1) is 0 Å². The van der Waals surface area contributed by atoms with Crippen LogP contribution in [0.3, 0.4) is 0 Å². The van der Waals surface area contributed by atoms with Gasteiger partial charge in [-0.2, -0.15) is 0 Å². The maximum absolute atomic E-state index is 11.2. The number of aliphatic hydroxyl groups is 1. The van der Waals surface area contributed by atoms with Gasteiger partial charge in [0.1, 0.15) is 0 Å². The molecule has 120 valence electrons. The van der Waals surface area contributed by atoms with Gasteiger partial charge in [-0.1, -0.05) is 41.5 Å². The first-order chi connectivity index (χ1) is 8.68. The molecule has 0 aromatic rings. The molecule has 5 nitrogen and oxygen atoms in total. The number of rotatable bonds is 5. The Balaban J connectivity index is 5.25. The lowest BCUT2D eigenvalue weighted by Gasteiger charge is -2.45. The first-order valence-corrected chi connectivity index (χ1v) is 9.83. The van der Waals surface area contributed by atoms with Crippen molar-refractivity contribution in [2.24, 2.45) is 11.1 Å². The van der Waals surface area contributed by atoms with Crippen LogP contribution >= 0.6 is 0 Å². The van der Waals surface area contributed by atoms with Crippen LogP contribution in [-0.4, -0.2) is 38.3 Å². The van der Waals surface area contributed by atoms with Crippen molar-refractivity contribution in [2.45, 2.75) is 65.3 Å². The molecule has 0 aliphatic carbocycles. The molecule has 0 unspecified atom stereocenters. The minimum Gasteiger partial charge on any atom is -0.438 e. The van der Waals surface area contributed by atoms with Crippen LogP contribution in [-0.2, 0) is 9.16 Å². The highest BCUT2D eigenvalue weighted by Gasteiger charge is 2.48. The molecule has 6 heteroatoms. The smallest absolute Gasteiger partial charge is 0.405 e. The van der Waals surface area contributed by atoms with Gasteiger partial charge >= 0.3 is 6.09 Å². The van der Waals surface area contributed by atoms with E-state index >= 15 is 0 Å². The molecule has 0 aliphatic rings. The Morgan fingerprint density at radius 1 is 1.15 bits per heavy atom. The van der Waals surface area contributed by atoms with Crippen molar-refractivity contribution >= 4 is 14.4 Å². The summed E-state index contributed by atoms with van der Waals surface area (Å²) in [6.07, 6.45) is -0.896. The molecule has 1 atom stereocenters. The maximum atomic E-state index is 11.2. The van der Waals surface area contributed by atoms with E-state index in [4.69, 9.17) is 14.9 Å². The largest absolute Gasteiger partial charge is 0.438 e. The molecule has 20 heavy (non-hydrogen) atoms. The van der Waals surface area contributed by atoms with E-state index in [0.29, 0.717) is 0 Å². The van der Waals surface area contributed by atoms with Crippen LogP contribution in [0.4, 0.5) is 4.79 Å². The topological polar surface area (TPSA) is 81.8 Å². The number of amides is 1. The van der Waals surface area contributed by atoms with Gasteiger partial charge in [0, 0.05) is 5.41 Å². The number of hydrogen-bond acceptors (Lipinski definition) is 4. The zero-order chi connectivity index (χ0) is 16.4. The van der Waals surface area contributed by atoms with E-state index in [1.165, 1.54) is 0 Å². The van der Waals surface area contributed by atoms with Crippen molar-refractivity contribution in [3.05, 3.63) is 0 Å². The van der Waals surface area contributed by atoms with E-state index in [0.717, 1.165) is 0 Å². The van der Waals surface area contributed by atoms with E-state index in [-0.39, 0.29) is 18.3 Å². The minimum absolute atomic E-state index is 0.0405. The molecule has 0 fully saturated rings. The molecular formula is C14H31NO4Si. The van der Waals surface area contributed by atoms with Crippen LogP contribution in [0.25, 0.3) is 0 Å². The number of carbonyl (C=O) groups is 1. The predicted molar refractivity (Wildman–Crippen MR) is 83.1 cm³/mol. The highest BCUT2D eigenvalue weighted by Crippen LogP contribution is 2.40. The number of nitrogens with two attached hydrogens (primary N) is 1. The van der Waals surface area contributed by atoms with E-state index < -0.39 is 25.4 Å². The second-order valence-corrected chi connectivity index (χ2v) is 12.7. The van der Waals surface area contributed by atoms with Gasteiger partial charge in [-0.05, 0) is 18.1 Å². The van der Waals surface area contributed by atoms with Crippen molar-refractivity contribution in [3.63, 3.8) is 0 Å². The van der Waals surface area contributed by atoms with Crippen LogP contribution in [0.5, 0.6) is 0 Å². The third-order valence-corrected chi connectivity index (χ3v) is 8.87. The predicted octanol–water partition coefficient (Wildman–Crippen LogP) is 2.88. The molecule has 0 aliphatic heterocycles. The first kappa shape index (κ1) is 19.4. The van der Waals surface area contributed by atoms with Crippen LogP contribution in [0.2, 0.25) is 18.1 Å². The lowest BCUT2D eigenvalue weighted by molar-refractivity contribution is -0.123. The number of hydrogen-bond donors (Lipinski definition) is 2. The summed E-state index contributed by atoms with van der Waals surface area (Å²) in [6.45, 7) is 16.1. The van der Waals surface area contributed by atoms with E-state index in [1.54, 1.807) is 0 Å². The monoisotopic (exact) mass is 305 g/mol. The second kappa shape index (κ2) is 6.03. The Morgan fingerprint density at radius 2 is 1.60 bits per heavy atom. The Kier molecular flexibility index (Phi) is 5.85. The SMILES string of the molecule is CC(C)(C)[C@@](CO)(CO[Si](C)(C)C(C)(C)C)OC(N)=O. The molecule has 0 saturated heterocycles. The van der Waals surface area contributed by atoms with Gasteiger partial charge in [0.05, 0.1) is 13.2 Å². The van der Waals surface area contributed by atoms with Crippen LogP contribution in [0.1, 0.15) is 41.5 Å². The van der Waals surface area contributed by atoms with Gasteiger partial charge in [0.15, 0.2) is 13.9 Å². The fraction of sp³-hybridized carbons (Fsp3) is 0.929. The number of aliphatic hydroxyl groups excluding tert-OH is 1. The molecule has 1 amide bonds. The van der Waals surface area contributed by atoms with Crippen molar-refractivity contribution < 1.29 is 19.1 Å². The summed E-state index contributed by atoms with van der Waals surface area (Å²) in [7, 11) is -2.00. The summed E-state index contributed by atoms with van der Waals surface area (Å²) in [6, 6.07) is 0. The van der Waals surface area contributed by atoms with Crippen LogP contribution in [0, 0.1) is 5.41 Å². The van der Waals surface area contributed by atoms with Crippen LogP contribution < -0.4 is 5.73 Å². The fourth-order valence-electron chi connectivity index (χ4n) is 1.42. The van der Waals surface area contributed by atoms with Gasteiger partial charge in [-0.3, -0.25) is 0 Å². The summed E-state index contributed by atoms with van der Waals surface area (Å²) in [5.74, 6) is 0. The molecule has 0 spiro atoms. The highest BCUT2D eigenvalue weighted by atomic mass is 28.4. The lowest BCUT2D eigenvalue weighted by atomic mass is 9.77. The molecule has 0 aromatic carbocycles. The highest BCUT2D eigenvalue weighted by molar-refractivity contribution is 6.74. The van der Waals surface area contributed by atoms with Crippen molar-refractivity contribution in [1.29, 1.82) is 0 Å². The number of carbonyl (C=O) groups excluding carboxylic acids is 1. The Bertz CT molecular complexity index is 344. The number of ether oxygens (including phenoxy) is 1. The van der Waals surface area contributed by atoms with Gasteiger partial charge in [0.2, 0.25) is 0 Å². The van der Waals surface area contributed by atoms with Crippen molar-refractivity contribution in [2.75, 3.05) is 13.2 Å². The molecule has 0 heterocycles. The summed E-state index contributed by atoms with van der Waals surface area (Å²) in [5.41, 5.74) is 3.54. The van der Waals surface area contributed by atoms with E-state index in [1.807, 2.05) is 20.8 Å². The van der Waals surface area contributed by atoms with Crippen molar-refractivity contribution in [1.82, 2.24) is 0 Å². The van der Waals surface area contributed by atoms with Gasteiger partial charge in [-0.25, -0.2) is 4.79 Å². The maximum Gasteiger partial charge on any atom is 0.405 e. The average molecular weight is 305 g/mol. The Morgan fingerprint density at radius 3 is 1.85 bits per heavy atom. The van der Waals surface area contributed by atoms with Gasteiger partial charge in [0.25, 0.3) is 0 Å².